The number of ether oxygens (including phenoxy) is 4. The number of alkyl halides is 3. The van der Waals surface area contributed by atoms with Gasteiger partial charge in [0.05, 0.1) is 55.2 Å². The predicted molar refractivity (Wildman–Crippen MR) is 244 cm³/mol. The van der Waals surface area contributed by atoms with E-state index in [1.165, 1.54) is 14.2 Å². The third-order valence-electron chi connectivity index (χ3n) is 14.5. The van der Waals surface area contributed by atoms with Gasteiger partial charge in [0.25, 0.3) is 0 Å². The Morgan fingerprint density at radius 3 is 2.09 bits per heavy atom. The molecular weight excluding hydrogens is 890 g/mol. The van der Waals surface area contributed by atoms with Crippen LogP contribution in [0.5, 0.6) is 17.4 Å². The summed E-state index contributed by atoms with van der Waals surface area (Å²) in [4.78, 5) is 35.5. The molecule has 13 nitrogen and oxygen atoms in total. The molecule has 2 bridgehead atoms. The highest BCUT2D eigenvalue weighted by Gasteiger charge is 2.58. The van der Waals surface area contributed by atoms with Gasteiger partial charge in [-0.1, -0.05) is 24.3 Å². The normalized spacial score (nSPS) is 24.0. The van der Waals surface area contributed by atoms with Crippen molar-refractivity contribution in [1.29, 1.82) is 0 Å². The van der Waals surface area contributed by atoms with Crippen LogP contribution in [-0.4, -0.2) is 99.8 Å². The van der Waals surface area contributed by atoms with Gasteiger partial charge in [-0.25, -0.2) is 23.5 Å². The quantitative estimate of drug-likeness (QED) is 0.142. The number of aliphatic hydroxyl groups is 1. The van der Waals surface area contributed by atoms with Crippen LogP contribution in [0, 0.1) is 18.6 Å². The van der Waals surface area contributed by atoms with E-state index in [9.17, 15) is 9.90 Å². The number of aliphatic hydroxyl groups excluding tert-OH is 1. The van der Waals surface area contributed by atoms with Gasteiger partial charge in [0.2, 0.25) is 11.8 Å². The smallest absolute Gasteiger partial charge is 0.417 e. The Hall–Kier alpha value is -6.17. The van der Waals surface area contributed by atoms with Gasteiger partial charge in [0.15, 0.2) is 5.82 Å². The maximum Gasteiger partial charge on any atom is 0.417 e. The first-order valence-corrected chi connectivity index (χ1v) is 23.0. The zero-order valence-corrected chi connectivity index (χ0v) is 39.0. The second kappa shape index (κ2) is 16.5. The fraction of sp³-hybridized carbons (Fsp3) is 0.480. The summed E-state index contributed by atoms with van der Waals surface area (Å²) in [5, 5.41) is 11.1. The molecule has 3 saturated heterocycles. The Labute approximate surface area is 390 Å². The molecule has 360 valence electrons. The van der Waals surface area contributed by atoms with Crippen LogP contribution < -0.4 is 28.9 Å². The predicted octanol–water partition coefficient (Wildman–Crippen LogP) is 9.36. The molecule has 3 aromatic carbocycles. The average Bonchev–Trinajstić information content (AvgIpc) is 3.52. The Morgan fingerprint density at radius 1 is 0.912 bits per heavy atom. The van der Waals surface area contributed by atoms with Crippen molar-refractivity contribution in [3.63, 3.8) is 0 Å². The number of methoxy groups -OCH3 is 2. The van der Waals surface area contributed by atoms with Crippen LogP contribution in [0.15, 0.2) is 54.6 Å². The first-order valence-electron chi connectivity index (χ1n) is 23.0. The third-order valence-corrected chi connectivity index (χ3v) is 14.5. The molecule has 4 fully saturated rings. The van der Waals surface area contributed by atoms with Crippen LogP contribution in [0.25, 0.3) is 22.2 Å². The fourth-order valence-electron chi connectivity index (χ4n) is 11.0. The zero-order valence-electron chi connectivity index (χ0n) is 39.0. The van der Waals surface area contributed by atoms with E-state index in [4.69, 9.17) is 28.9 Å². The molecule has 4 aliphatic heterocycles. The van der Waals surface area contributed by atoms with Crippen molar-refractivity contribution in [2.75, 3.05) is 42.0 Å². The van der Waals surface area contributed by atoms with Crippen molar-refractivity contribution in [1.82, 2.24) is 19.9 Å². The summed E-state index contributed by atoms with van der Waals surface area (Å²) >= 11 is 0. The van der Waals surface area contributed by atoms with Gasteiger partial charge in [0.1, 0.15) is 51.4 Å². The molecule has 1 saturated carbocycles. The lowest BCUT2D eigenvalue weighted by Crippen LogP contribution is -2.72. The second-order valence-electron chi connectivity index (χ2n) is 19.7. The van der Waals surface area contributed by atoms with Crippen LogP contribution in [-0.2, 0) is 24.0 Å². The van der Waals surface area contributed by atoms with E-state index in [0.29, 0.717) is 61.3 Å². The molecule has 1 N–H and O–H groups in total. The molecule has 1 amide bonds. The minimum atomic E-state index is -5.17. The van der Waals surface area contributed by atoms with Crippen molar-refractivity contribution >= 4 is 34.4 Å². The number of carbonyl (C=O) groups is 1. The molecule has 1 spiro atoms. The number of pyridine rings is 1. The van der Waals surface area contributed by atoms with E-state index in [0.717, 1.165) is 13.0 Å². The number of rotatable bonds is 9. The summed E-state index contributed by atoms with van der Waals surface area (Å²) < 4.78 is 105. The summed E-state index contributed by atoms with van der Waals surface area (Å²) in [5.74, 6) is -0.990. The number of hydrogen-bond donors (Lipinski definition) is 1. The SMILES string of the molecule is COc1ccc(CN(Cc2ccc(OC)cc2)c2cc(-c3nc4c5c(nc(N6CCC67CCC7O)nc5c3F)N3C[C@H]5CC[C@@H]([C@H]3[C@H](C)O4)N5C(=O)OC(C)(C)C)c(C(F)(F)F)c(C)c2F)cc1. The molecular formula is C50H54F5N7O6. The van der Waals surface area contributed by atoms with Crippen LogP contribution in [0.2, 0.25) is 0 Å². The average molecular weight is 944 g/mol. The third kappa shape index (κ3) is 7.53. The molecule has 6 atom stereocenters. The molecule has 0 radical (unpaired) electrons. The number of aromatic nitrogens is 3. The number of carbonyl (C=O) groups excluding carboxylic acids is 1. The Morgan fingerprint density at radius 2 is 1.56 bits per heavy atom. The number of piperazine rings is 1. The first-order chi connectivity index (χ1) is 32.3. The van der Waals surface area contributed by atoms with E-state index >= 15 is 22.0 Å². The van der Waals surface area contributed by atoms with Crippen molar-refractivity contribution < 1.29 is 50.8 Å². The molecule has 5 aromatic rings. The number of benzene rings is 3. The molecule has 68 heavy (non-hydrogen) atoms. The van der Waals surface area contributed by atoms with Gasteiger partial charge in [0, 0.05) is 31.7 Å². The van der Waals surface area contributed by atoms with Gasteiger partial charge in [-0.3, -0.25) is 4.90 Å². The van der Waals surface area contributed by atoms with E-state index in [1.807, 2.05) is 9.80 Å². The highest BCUT2D eigenvalue weighted by atomic mass is 19.4. The lowest BCUT2D eigenvalue weighted by atomic mass is 9.65. The van der Waals surface area contributed by atoms with Gasteiger partial charge >= 0.3 is 12.3 Å². The number of hydrogen-bond acceptors (Lipinski definition) is 12. The van der Waals surface area contributed by atoms with Gasteiger partial charge in [-0.15, -0.1) is 0 Å². The molecule has 18 heteroatoms. The molecule has 10 rings (SSSR count). The second-order valence-corrected chi connectivity index (χ2v) is 19.7. The maximum atomic E-state index is 18.1. The van der Waals surface area contributed by atoms with Crippen LogP contribution in [0.1, 0.15) is 82.1 Å². The fourth-order valence-corrected chi connectivity index (χ4v) is 11.0. The Kier molecular flexibility index (Phi) is 11.1. The number of nitrogens with zero attached hydrogens (tertiary/aromatic N) is 7. The molecule has 6 heterocycles. The van der Waals surface area contributed by atoms with Crippen molar-refractivity contribution in [3.8, 4) is 28.6 Å². The highest BCUT2D eigenvalue weighted by molar-refractivity contribution is 5.98. The monoisotopic (exact) mass is 943 g/mol. The van der Waals surface area contributed by atoms with Crippen LogP contribution >= 0.6 is 0 Å². The lowest BCUT2D eigenvalue weighted by Gasteiger charge is -2.61. The minimum Gasteiger partial charge on any atom is -0.497 e. The van der Waals surface area contributed by atoms with E-state index < -0.39 is 81.7 Å². The number of amides is 1. The summed E-state index contributed by atoms with van der Waals surface area (Å²) in [6, 6.07) is 13.7. The van der Waals surface area contributed by atoms with Crippen LogP contribution in [0.4, 0.5) is 44.2 Å². The number of fused-ring (bicyclic) bond motifs is 5. The Balaban J connectivity index is 1.17. The van der Waals surface area contributed by atoms with Gasteiger partial charge in [-0.05, 0) is 114 Å². The topological polar surface area (TPSA) is 126 Å². The maximum absolute atomic E-state index is 18.1. The summed E-state index contributed by atoms with van der Waals surface area (Å²) in [6.45, 7) is 9.02. The van der Waals surface area contributed by atoms with Gasteiger partial charge in [-0.2, -0.15) is 18.2 Å². The summed E-state index contributed by atoms with van der Waals surface area (Å²) in [5.41, 5.74) is -4.18. The van der Waals surface area contributed by atoms with Gasteiger partial charge < -0.3 is 38.8 Å². The summed E-state index contributed by atoms with van der Waals surface area (Å²) in [7, 11) is 3.05. The first kappa shape index (κ1) is 45.6. The number of anilines is 3. The molecule has 5 aliphatic rings. The zero-order chi connectivity index (χ0) is 48.2. The standard InChI is InChI=1S/C50H54F5N7O6/c1-26-38(50(53,54)55)33(22-35(39(26)51)59(23-28-8-13-31(65-6)14-9-28)24-29-10-15-32(66-7)16-11-29)41-40(52)42-37-44(58-46(57-42)61-21-20-49(61)19-18-36(49)63)60-25-30-12-17-34(43(60)27(2)67-45(37)56-41)62(30)47(64)68-48(3,4)5/h8-11,13-16,22,27,30,34,36,43,63H,12,17-21,23-25H2,1-7H3/t27-,30+,34-,36?,43+,49?/m0/s1. The lowest BCUT2D eigenvalue weighted by molar-refractivity contribution is -0.137. The van der Waals surface area contributed by atoms with E-state index in [-0.39, 0.29) is 59.9 Å². The van der Waals surface area contributed by atoms with Crippen molar-refractivity contribution in [2.45, 2.75) is 127 Å². The number of halogens is 5. The van der Waals surface area contributed by atoms with Crippen molar-refractivity contribution in [2.24, 2.45) is 0 Å². The van der Waals surface area contributed by atoms with E-state index in [2.05, 4.69) is 4.98 Å². The van der Waals surface area contributed by atoms with E-state index in [1.54, 1.807) is 86.0 Å². The molecule has 2 aromatic heterocycles. The highest BCUT2D eigenvalue weighted by Crippen LogP contribution is 2.52. The largest absolute Gasteiger partial charge is 0.497 e. The Bertz CT molecular complexity index is 2740. The van der Waals surface area contributed by atoms with Crippen LogP contribution in [0.3, 0.4) is 0 Å². The summed E-state index contributed by atoms with van der Waals surface area (Å²) in [6.07, 6.45) is -3.97. The van der Waals surface area contributed by atoms with Crippen molar-refractivity contribution in [3.05, 3.63) is 88.5 Å². The molecule has 2 unspecified atom stereocenters. The minimum absolute atomic E-state index is 0.0414. The molecule has 1 aliphatic carbocycles.